The van der Waals surface area contributed by atoms with Crippen molar-refractivity contribution in [3.05, 3.63) is 29.8 Å². The summed E-state index contributed by atoms with van der Waals surface area (Å²) in [6.45, 7) is 16.0. The predicted molar refractivity (Wildman–Crippen MR) is 92.9 cm³/mol. The van der Waals surface area contributed by atoms with Crippen LogP contribution in [-0.4, -0.2) is 34.3 Å². The van der Waals surface area contributed by atoms with Gasteiger partial charge in [-0.05, 0) is 49.3 Å². The molecule has 1 rings (SSSR count). The third-order valence-electron chi connectivity index (χ3n) is 4.41. The van der Waals surface area contributed by atoms with E-state index in [9.17, 15) is 4.79 Å². The highest BCUT2D eigenvalue weighted by Crippen LogP contribution is 2.36. The maximum Gasteiger partial charge on any atom is 0.192 e. The molecule has 0 saturated carbocycles. The zero-order valence-corrected chi connectivity index (χ0v) is 15.3. The summed E-state index contributed by atoms with van der Waals surface area (Å²) in [6.07, 6.45) is 0.876. The van der Waals surface area contributed by atoms with E-state index in [1.165, 1.54) is 0 Å². The highest BCUT2D eigenvalue weighted by Gasteiger charge is 2.36. The number of carbonyl (C=O) groups is 1. The van der Waals surface area contributed by atoms with Crippen LogP contribution in [0.2, 0.25) is 18.1 Å². The Morgan fingerprint density at radius 3 is 2.19 bits per heavy atom. The van der Waals surface area contributed by atoms with Crippen LogP contribution in [0.5, 0.6) is 0 Å². The molecular weight excluding hydrogens is 278 g/mol. The average Bonchev–Trinajstić information content (AvgIpc) is 2.42. The first-order valence-electron chi connectivity index (χ1n) is 7.65. The van der Waals surface area contributed by atoms with Gasteiger partial charge >= 0.3 is 0 Å². The Hall–Kier alpha value is -1.13. The largest absolute Gasteiger partial charge is 0.415 e. The lowest BCUT2D eigenvalue weighted by atomic mass is 10.2. The number of anilines is 1. The van der Waals surface area contributed by atoms with Gasteiger partial charge in [0.25, 0.3) is 0 Å². The number of likely N-dealkylation sites (N-methyl/N-ethyl adjacent to an activating group) is 1. The quantitative estimate of drug-likeness (QED) is 0.554. The third-order valence-corrected chi connectivity index (χ3v) is 8.94. The number of carbonyl (C=O) groups excluding carboxylic acids is 1. The van der Waals surface area contributed by atoms with Gasteiger partial charge in [0, 0.05) is 24.3 Å². The summed E-state index contributed by atoms with van der Waals surface area (Å²) in [5.41, 5.74) is 1.86. The number of hydrogen-bond acceptors (Lipinski definition) is 3. The number of aldehydes is 1. The molecule has 0 N–H and O–H groups in total. The van der Waals surface area contributed by atoms with Crippen LogP contribution in [0.15, 0.2) is 24.3 Å². The molecule has 0 spiro atoms. The Morgan fingerprint density at radius 2 is 1.76 bits per heavy atom. The lowest BCUT2D eigenvalue weighted by Gasteiger charge is -2.37. The van der Waals surface area contributed by atoms with E-state index < -0.39 is 8.32 Å². The first-order valence-corrected chi connectivity index (χ1v) is 10.6. The van der Waals surface area contributed by atoms with Crippen LogP contribution in [-0.2, 0) is 4.43 Å². The van der Waals surface area contributed by atoms with E-state index in [2.05, 4.69) is 45.7 Å². The number of benzene rings is 1. The summed E-state index contributed by atoms with van der Waals surface area (Å²) < 4.78 is 6.23. The molecule has 0 aliphatic heterocycles. The van der Waals surface area contributed by atoms with Crippen LogP contribution < -0.4 is 4.90 Å². The lowest BCUT2D eigenvalue weighted by Crippen LogP contribution is -2.42. The van der Waals surface area contributed by atoms with Gasteiger partial charge in [0.05, 0.1) is 6.61 Å². The predicted octanol–water partition coefficient (Wildman–Crippen LogP) is 4.35. The molecule has 0 saturated heterocycles. The summed E-state index contributed by atoms with van der Waals surface area (Å²) in [5, 5.41) is 0.246. The third kappa shape index (κ3) is 4.97. The summed E-state index contributed by atoms with van der Waals surface area (Å²) >= 11 is 0. The average molecular weight is 308 g/mol. The van der Waals surface area contributed by atoms with Crippen molar-refractivity contribution in [1.82, 2.24) is 0 Å². The topological polar surface area (TPSA) is 29.5 Å². The molecule has 1 aromatic carbocycles. The monoisotopic (exact) mass is 307 g/mol. The van der Waals surface area contributed by atoms with Gasteiger partial charge in [0.15, 0.2) is 8.32 Å². The van der Waals surface area contributed by atoms with Crippen LogP contribution in [0.3, 0.4) is 0 Å². The number of rotatable bonds is 7. The molecule has 0 aromatic heterocycles. The summed E-state index contributed by atoms with van der Waals surface area (Å²) in [7, 11) is -1.67. The summed E-state index contributed by atoms with van der Waals surface area (Å²) in [5.74, 6) is 0. The minimum absolute atomic E-state index is 0.246. The molecule has 0 unspecified atom stereocenters. The fraction of sp³-hybridized carbons (Fsp3) is 0.588. The van der Waals surface area contributed by atoms with Crippen LogP contribution >= 0.6 is 0 Å². The van der Waals surface area contributed by atoms with Gasteiger partial charge in [0.1, 0.15) is 6.29 Å². The first kappa shape index (κ1) is 17.9. The van der Waals surface area contributed by atoms with Gasteiger partial charge in [-0.25, -0.2) is 0 Å². The molecule has 0 amide bonds. The Bertz CT molecular complexity index is 449. The maximum absolute atomic E-state index is 10.7. The zero-order valence-electron chi connectivity index (χ0n) is 14.3. The molecule has 3 nitrogen and oxygen atoms in total. The molecule has 0 heterocycles. The minimum Gasteiger partial charge on any atom is -0.415 e. The van der Waals surface area contributed by atoms with E-state index >= 15 is 0 Å². The SMILES string of the molecule is CCN(CCO[Si](C)(C)C(C)(C)C)c1ccc(C=O)cc1. The van der Waals surface area contributed by atoms with Crippen molar-refractivity contribution in [1.29, 1.82) is 0 Å². The van der Waals surface area contributed by atoms with Crippen molar-refractivity contribution in [2.24, 2.45) is 0 Å². The van der Waals surface area contributed by atoms with Crippen LogP contribution in [0.25, 0.3) is 0 Å². The van der Waals surface area contributed by atoms with Gasteiger partial charge in [-0.1, -0.05) is 20.8 Å². The highest BCUT2D eigenvalue weighted by atomic mass is 28.4. The second kappa shape index (κ2) is 7.23. The van der Waals surface area contributed by atoms with Gasteiger partial charge in [-0.3, -0.25) is 4.79 Å². The Kier molecular flexibility index (Phi) is 6.17. The summed E-state index contributed by atoms with van der Waals surface area (Å²) in [6, 6.07) is 7.72. The van der Waals surface area contributed by atoms with Gasteiger partial charge in [-0.2, -0.15) is 0 Å². The van der Waals surface area contributed by atoms with Crippen molar-refractivity contribution in [2.45, 2.75) is 45.8 Å². The van der Waals surface area contributed by atoms with Gasteiger partial charge < -0.3 is 9.33 Å². The van der Waals surface area contributed by atoms with E-state index in [1.54, 1.807) is 0 Å². The van der Waals surface area contributed by atoms with E-state index in [0.717, 1.165) is 31.7 Å². The highest BCUT2D eigenvalue weighted by molar-refractivity contribution is 6.74. The normalized spacial score (nSPS) is 12.3. The van der Waals surface area contributed by atoms with Gasteiger partial charge in [-0.15, -0.1) is 0 Å². The molecule has 21 heavy (non-hydrogen) atoms. The fourth-order valence-electron chi connectivity index (χ4n) is 1.86. The van der Waals surface area contributed by atoms with Crippen molar-refractivity contribution in [3.63, 3.8) is 0 Å². The molecule has 1 aromatic rings. The maximum atomic E-state index is 10.7. The van der Waals surface area contributed by atoms with E-state index in [-0.39, 0.29) is 5.04 Å². The Balaban J connectivity index is 2.60. The minimum atomic E-state index is -1.67. The smallest absolute Gasteiger partial charge is 0.192 e. The van der Waals surface area contributed by atoms with Crippen molar-refractivity contribution < 1.29 is 9.22 Å². The standard InChI is InChI=1S/C17H29NO2Si/c1-7-18(16-10-8-15(14-19)9-11-16)12-13-20-21(5,6)17(2,3)4/h8-11,14H,7,12-13H2,1-6H3. The molecular formula is C17H29NO2Si. The molecule has 0 aliphatic carbocycles. The molecule has 0 atom stereocenters. The Labute approximate surface area is 130 Å². The molecule has 0 radical (unpaired) electrons. The molecule has 0 fully saturated rings. The second-order valence-corrected chi connectivity index (χ2v) is 11.7. The lowest BCUT2D eigenvalue weighted by molar-refractivity contribution is 0.112. The van der Waals surface area contributed by atoms with Crippen LogP contribution in [0, 0.1) is 0 Å². The molecule has 0 bridgehead atoms. The van der Waals surface area contributed by atoms with Gasteiger partial charge in [0.2, 0.25) is 0 Å². The number of nitrogens with zero attached hydrogens (tertiary/aromatic N) is 1. The number of hydrogen-bond donors (Lipinski definition) is 0. The zero-order chi connectivity index (χ0) is 16.1. The van der Waals surface area contributed by atoms with Crippen molar-refractivity contribution >= 4 is 20.3 Å². The van der Waals surface area contributed by atoms with E-state index in [0.29, 0.717) is 5.56 Å². The second-order valence-electron chi connectivity index (χ2n) is 6.90. The molecule has 118 valence electrons. The van der Waals surface area contributed by atoms with Crippen molar-refractivity contribution in [2.75, 3.05) is 24.6 Å². The van der Waals surface area contributed by atoms with E-state index in [4.69, 9.17) is 4.43 Å². The fourth-order valence-corrected chi connectivity index (χ4v) is 2.90. The van der Waals surface area contributed by atoms with Crippen LogP contribution in [0.4, 0.5) is 5.69 Å². The molecule has 4 heteroatoms. The van der Waals surface area contributed by atoms with E-state index in [1.807, 2.05) is 24.3 Å². The Morgan fingerprint density at radius 1 is 1.19 bits per heavy atom. The first-order chi connectivity index (χ1) is 9.71. The van der Waals surface area contributed by atoms with Crippen molar-refractivity contribution in [3.8, 4) is 0 Å². The summed E-state index contributed by atoms with van der Waals surface area (Å²) in [4.78, 5) is 13.0. The van der Waals surface area contributed by atoms with Crippen LogP contribution in [0.1, 0.15) is 38.1 Å². The molecule has 0 aliphatic rings.